The molecule has 1 N–H and O–H groups in total. The first-order chi connectivity index (χ1) is 7.22. The van der Waals surface area contributed by atoms with Gasteiger partial charge in [-0.15, -0.1) is 0 Å². The van der Waals surface area contributed by atoms with Crippen molar-refractivity contribution in [3.63, 3.8) is 0 Å². The highest BCUT2D eigenvalue weighted by atomic mass is 16.5. The van der Waals surface area contributed by atoms with Crippen LogP contribution in [0.1, 0.15) is 32.6 Å². The summed E-state index contributed by atoms with van der Waals surface area (Å²) in [5.41, 5.74) is 0. The van der Waals surface area contributed by atoms with Gasteiger partial charge in [0.1, 0.15) is 6.04 Å². The van der Waals surface area contributed by atoms with Crippen LogP contribution in [0.2, 0.25) is 0 Å². The topological polar surface area (TPSA) is 49.8 Å². The predicted molar refractivity (Wildman–Crippen MR) is 55.8 cm³/mol. The van der Waals surface area contributed by atoms with E-state index in [1.165, 1.54) is 0 Å². The molecule has 1 heterocycles. The maximum Gasteiger partial charge on any atom is 0.320 e. The molecule has 1 unspecified atom stereocenters. The van der Waals surface area contributed by atoms with Crippen molar-refractivity contribution < 1.29 is 14.6 Å². The Hall–Kier alpha value is -0.610. The number of rotatable bonds is 4. The minimum atomic E-state index is -0.660. The Bertz CT molecular complexity index is 238. The van der Waals surface area contributed by atoms with E-state index in [0.717, 1.165) is 38.8 Å². The first kappa shape index (κ1) is 10.9. The van der Waals surface area contributed by atoms with Gasteiger partial charge in [-0.3, -0.25) is 9.69 Å². The van der Waals surface area contributed by atoms with Gasteiger partial charge in [0.2, 0.25) is 0 Å². The van der Waals surface area contributed by atoms with E-state index in [0.29, 0.717) is 12.1 Å². The molecule has 2 aliphatic rings. The van der Waals surface area contributed by atoms with Gasteiger partial charge in [0.25, 0.3) is 0 Å². The number of likely N-dealkylation sites (tertiary alicyclic amines) is 1. The van der Waals surface area contributed by atoms with E-state index in [1.54, 1.807) is 0 Å². The molecule has 2 rings (SSSR count). The Kier molecular flexibility index (Phi) is 3.26. The highest BCUT2D eigenvalue weighted by molar-refractivity contribution is 5.73. The molecule has 0 radical (unpaired) electrons. The number of hydrogen-bond acceptors (Lipinski definition) is 3. The van der Waals surface area contributed by atoms with Crippen LogP contribution in [0.15, 0.2) is 0 Å². The lowest BCUT2D eigenvalue weighted by atomic mass is 9.87. The molecule has 1 aliphatic carbocycles. The number of carbonyl (C=O) groups is 1. The summed E-state index contributed by atoms with van der Waals surface area (Å²) in [6.07, 6.45) is 4.22. The van der Waals surface area contributed by atoms with Crippen molar-refractivity contribution in [3.05, 3.63) is 0 Å². The fourth-order valence-electron chi connectivity index (χ4n) is 2.67. The van der Waals surface area contributed by atoms with Crippen LogP contribution in [0.25, 0.3) is 0 Å². The average molecular weight is 213 g/mol. The van der Waals surface area contributed by atoms with E-state index in [9.17, 15) is 4.79 Å². The zero-order valence-electron chi connectivity index (χ0n) is 9.19. The number of ether oxygens (including phenoxy) is 1. The quantitative estimate of drug-likeness (QED) is 0.760. The molecule has 86 valence electrons. The van der Waals surface area contributed by atoms with E-state index in [-0.39, 0.29) is 6.04 Å². The van der Waals surface area contributed by atoms with Crippen LogP contribution in [0.5, 0.6) is 0 Å². The fraction of sp³-hybridized carbons (Fsp3) is 0.909. The molecular formula is C11H19NO3. The van der Waals surface area contributed by atoms with E-state index in [1.807, 2.05) is 6.92 Å². The van der Waals surface area contributed by atoms with Gasteiger partial charge in [0.05, 0.1) is 6.10 Å². The number of nitrogens with zero attached hydrogens (tertiary/aromatic N) is 1. The predicted octanol–water partition coefficient (Wildman–Crippen LogP) is 1.10. The summed E-state index contributed by atoms with van der Waals surface area (Å²) in [4.78, 5) is 13.1. The van der Waals surface area contributed by atoms with Gasteiger partial charge >= 0.3 is 5.97 Å². The third-order valence-corrected chi connectivity index (χ3v) is 3.52. The van der Waals surface area contributed by atoms with E-state index < -0.39 is 5.97 Å². The van der Waals surface area contributed by atoms with Crippen molar-refractivity contribution in [3.8, 4) is 0 Å². The highest BCUT2D eigenvalue weighted by Gasteiger charge is 2.41. The Morgan fingerprint density at radius 1 is 1.53 bits per heavy atom. The molecule has 15 heavy (non-hydrogen) atoms. The summed E-state index contributed by atoms with van der Waals surface area (Å²) in [6.45, 7) is 3.71. The molecule has 2 fully saturated rings. The molecule has 4 nitrogen and oxygen atoms in total. The molecule has 1 aliphatic heterocycles. The molecule has 0 bridgehead atoms. The summed E-state index contributed by atoms with van der Waals surface area (Å²) in [5.74, 6) is -0.660. The largest absolute Gasteiger partial charge is 0.480 e. The summed E-state index contributed by atoms with van der Waals surface area (Å²) in [7, 11) is 0. The lowest BCUT2D eigenvalue weighted by Crippen LogP contribution is -2.51. The Labute approximate surface area is 90.2 Å². The van der Waals surface area contributed by atoms with Crippen molar-refractivity contribution in [2.75, 3.05) is 13.2 Å². The molecule has 0 aromatic rings. The standard InChI is InChI=1S/C11H19NO3/c1-2-15-9-6-8(7-9)12-5-3-4-10(12)11(13)14/h8-10H,2-7H2,1H3,(H,13,14). The van der Waals surface area contributed by atoms with Crippen LogP contribution in [-0.2, 0) is 9.53 Å². The average Bonchev–Trinajstić information content (AvgIpc) is 2.58. The number of carboxylic acids is 1. The van der Waals surface area contributed by atoms with Crippen molar-refractivity contribution in [2.24, 2.45) is 0 Å². The minimum Gasteiger partial charge on any atom is -0.480 e. The Balaban J connectivity index is 1.82. The van der Waals surface area contributed by atoms with E-state index in [2.05, 4.69) is 4.90 Å². The third kappa shape index (κ3) is 2.16. The van der Waals surface area contributed by atoms with Crippen LogP contribution in [0.3, 0.4) is 0 Å². The molecule has 0 aromatic heterocycles. The van der Waals surface area contributed by atoms with Crippen molar-refractivity contribution in [1.29, 1.82) is 0 Å². The lowest BCUT2D eigenvalue weighted by molar-refractivity contribution is -0.145. The van der Waals surface area contributed by atoms with Crippen LogP contribution >= 0.6 is 0 Å². The molecule has 1 atom stereocenters. The first-order valence-electron chi connectivity index (χ1n) is 5.82. The van der Waals surface area contributed by atoms with Crippen LogP contribution < -0.4 is 0 Å². The van der Waals surface area contributed by atoms with Gasteiger partial charge in [-0.05, 0) is 39.2 Å². The monoisotopic (exact) mass is 213 g/mol. The molecule has 4 heteroatoms. The van der Waals surface area contributed by atoms with E-state index in [4.69, 9.17) is 9.84 Å². The minimum absolute atomic E-state index is 0.238. The van der Waals surface area contributed by atoms with Gasteiger partial charge in [-0.1, -0.05) is 0 Å². The lowest BCUT2D eigenvalue weighted by Gasteiger charge is -2.42. The van der Waals surface area contributed by atoms with Crippen molar-refractivity contribution >= 4 is 5.97 Å². The maximum atomic E-state index is 11.0. The van der Waals surface area contributed by atoms with Gasteiger partial charge in [-0.25, -0.2) is 0 Å². The summed E-state index contributed by atoms with van der Waals surface area (Å²) >= 11 is 0. The number of hydrogen-bond donors (Lipinski definition) is 1. The molecule has 1 saturated heterocycles. The molecule has 0 aromatic carbocycles. The second-order valence-electron chi connectivity index (χ2n) is 4.44. The number of aliphatic carboxylic acids is 1. The van der Waals surface area contributed by atoms with Gasteiger partial charge in [-0.2, -0.15) is 0 Å². The van der Waals surface area contributed by atoms with Crippen molar-refractivity contribution in [2.45, 2.75) is 50.8 Å². The molecule has 0 amide bonds. The van der Waals surface area contributed by atoms with Crippen molar-refractivity contribution in [1.82, 2.24) is 4.90 Å². The normalized spacial score (nSPS) is 36.5. The summed E-state index contributed by atoms with van der Waals surface area (Å²) in [5, 5.41) is 9.05. The first-order valence-corrected chi connectivity index (χ1v) is 5.82. The zero-order chi connectivity index (χ0) is 10.8. The highest BCUT2D eigenvalue weighted by Crippen LogP contribution is 2.33. The van der Waals surface area contributed by atoms with Gasteiger partial charge < -0.3 is 9.84 Å². The summed E-state index contributed by atoms with van der Waals surface area (Å²) in [6, 6.07) is 0.211. The molecule has 1 saturated carbocycles. The second-order valence-corrected chi connectivity index (χ2v) is 4.44. The third-order valence-electron chi connectivity index (χ3n) is 3.52. The van der Waals surface area contributed by atoms with Crippen LogP contribution in [0, 0.1) is 0 Å². The molecule has 0 spiro atoms. The van der Waals surface area contributed by atoms with Crippen LogP contribution in [-0.4, -0.2) is 47.3 Å². The smallest absolute Gasteiger partial charge is 0.320 e. The van der Waals surface area contributed by atoms with Gasteiger partial charge in [0.15, 0.2) is 0 Å². The molecular weight excluding hydrogens is 194 g/mol. The maximum absolute atomic E-state index is 11.0. The SMILES string of the molecule is CCOC1CC(N2CCCC2C(=O)O)C1. The van der Waals surface area contributed by atoms with E-state index >= 15 is 0 Å². The zero-order valence-corrected chi connectivity index (χ0v) is 9.19. The second kappa shape index (κ2) is 4.49. The Morgan fingerprint density at radius 2 is 2.27 bits per heavy atom. The van der Waals surface area contributed by atoms with Gasteiger partial charge in [0, 0.05) is 12.6 Å². The fourth-order valence-corrected chi connectivity index (χ4v) is 2.67. The van der Waals surface area contributed by atoms with Crippen LogP contribution in [0.4, 0.5) is 0 Å². The number of carboxylic acid groups (broad SMARTS) is 1. The Morgan fingerprint density at radius 3 is 2.87 bits per heavy atom. The summed E-state index contributed by atoms with van der Waals surface area (Å²) < 4.78 is 5.49.